The van der Waals surface area contributed by atoms with Gasteiger partial charge in [-0.25, -0.2) is 5.43 Å². The molecule has 2 aromatic heterocycles. The first-order chi connectivity index (χ1) is 12.1. The fourth-order valence-corrected chi connectivity index (χ4v) is 2.69. The molecule has 3 aromatic rings. The van der Waals surface area contributed by atoms with Crippen LogP contribution >= 0.6 is 0 Å². The number of aromatic nitrogens is 2. The highest BCUT2D eigenvalue weighted by Gasteiger charge is 2.08. The van der Waals surface area contributed by atoms with E-state index in [-0.39, 0.29) is 5.91 Å². The zero-order valence-electron chi connectivity index (χ0n) is 14.5. The van der Waals surface area contributed by atoms with Crippen LogP contribution in [0.15, 0.2) is 66.0 Å². The van der Waals surface area contributed by atoms with E-state index in [0.717, 1.165) is 28.4 Å². The van der Waals surface area contributed by atoms with Crippen LogP contribution in [0.2, 0.25) is 0 Å². The molecule has 2 heterocycles. The van der Waals surface area contributed by atoms with Gasteiger partial charge in [0.25, 0.3) is 5.91 Å². The van der Waals surface area contributed by atoms with E-state index in [1.807, 2.05) is 31.2 Å². The van der Waals surface area contributed by atoms with Crippen molar-refractivity contribution >= 4 is 11.6 Å². The second kappa shape index (κ2) is 7.13. The smallest absolute Gasteiger partial charge is 0.271 e. The number of carbonyl (C=O) groups excluding carboxylic acids is 1. The van der Waals surface area contributed by atoms with Gasteiger partial charge in [0, 0.05) is 40.6 Å². The zero-order chi connectivity index (χ0) is 17.8. The first-order valence-corrected chi connectivity index (χ1v) is 8.06. The Labute approximate surface area is 147 Å². The lowest BCUT2D eigenvalue weighted by Gasteiger charge is -2.10. The highest BCUT2D eigenvalue weighted by Crippen LogP contribution is 2.16. The minimum atomic E-state index is -0.235. The van der Waals surface area contributed by atoms with Crippen molar-refractivity contribution in [1.29, 1.82) is 0 Å². The molecule has 0 unspecified atom stereocenters. The van der Waals surface area contributed by atoms with Crippen LogP contribution in [0.3, 0.4) is 0 Å². The average Bonchev–Trinajstić information content (AvgIpc) is 2.98. The third-order valence-corrected chi connectivity index (χ3v) is 4.08. The van der Waals surface area contributed by atoms with Gasteiger partial charge < -0.3 is 4.57 Å². The van der Waals surface area contributed by atoms with Gasteiger partial charge in [-0.1, -0.05) is 0 Å². The molecule has 1 N–H and O–H groups in total. The molecular formula is C20H20N4O. The Kier molecular flexibility index (Phi) is 4.75. The standard InChI is InChI=1S/C20H20N4O/c1-14-4-5-15(2)24(14)19-8-6-18(7-9-19)20(25)23-22-16(3)17-10-12-21-13-11-17/h4-13H,1-3H3,(H,23,25)/b22-16+. The van der Waals surface area contributed by atoms with Gasteiger partial charge in [0.2, 0.25) is 0 Å². The molecule has 126 valence electrons. The van der Waals surface area contributed by atoms with E-state index < -0.39 is 0 Å². The van der Waals surface area contributed by atoms with Crippen LogP contribution in [0, 0.1) is 13.8 Å². The number of nitrogens with zero attached hydrogens (tertiary/aromatic N) is 3. The molecule has 0 saturated carbocycles. The number of carbonyl (C=O) groups is 1. The largest absolute Gasteiger partial charge is 0.319 e. The molecule has 25 heavy (non-hydrogen) atoms. The predicted octanol–water partition coefficient (Wildman–Crippen LogP) is 3.64. The van der Waals surface area contributed by atoms with Gasteiger partial charge in [0.1, 0.15) is 0 Å². The Hall–Kier alpha value is -3.21. The fraction of sp³-hybridized carbons (Fsp3) is 0.150. The first-order valence-electron chi connectivity index (χ1n) is 8.06. The number of hydrogen-bond acceptors (Lipinski definition) is 3. The van der Waals surface area contributed by atoms with Gasteiger partial charge in [-0.15, -0.1) is 0 Å². The molecule has 0 aliphatic carbocycles. The normalized spacial score (nSPS) is 11.4. The third-order valence-electron chi connectivity index (χ3n) is 4.08. The topological polar surface area (TPSA) is 59.3 Å². The van der Waals surface area contributed by atoms with Gasteiger partial charge in [-0.2, -0.15) is 5.10 Å². The van der Waals surface area contributed by atoms with E-state index in [9.17, 15) is 4.79 Å². The summed E-state index contributed by atoms with van der Waals surface area (Å²) in [5.41, 5.74) is 8.17. The summed E-state index contributed by atoms with van der Waals surface area (Å²) < 4.78 is 2.15. The molecule has 5 heteroatoms. The predicted molar refractivity (Wildman–Crippen MR) is 99.2 cm³/mol. The molecule has 0 bridgehead atoms. The number of rotatable bonds is 4. The summed E-state index contributed by atoms with van der Waals surface area (Å²) >= 11 is 0. The maximum atomic E-state index is 12.3. The molecular weight excluding hydrogens is 312 g/mol. The number of amides is 1. The van der Waals surface area contributed by atoms with Crippen molar-refractivity contribution in [2.24, 2.45) is 5.10 Å². The summed E-state index contributed by atoms with van der Waals surface area (Å²) in [7, 11) is 0. The monoisotopic (exact) mass is 332 g/mol. The summed E-state index contributed by atoms with van der Waals surface area (Å²) in [6.45, 7) is 5.96. The number of pyridine rings is 1. The van der Waals surface area contributed by atoms with E-state index in [0.29, 0.717) is 5.56 Å². The Balaban J connectivity index is 1.73. The molecule has 3 rings (SSSR count). The van der Waals surface area contributed by atoms with Crippen molar-refractivity contribution in [2.75, 3.05) is 0 Å². The van der Waals surface area contributed by atoms with Gasteiger partial charge >= 0.3 is 0 Å². The van der Waals surface area contributed by atoms with E-state index >= 15 is 0 Å². The molecule has 0 atom stereocenters. The van der Waals surface area contributed by atoms with Crippen molar-refractivity contribution in [3.63, 3.8) is 0 Å². The van der Waals surface area contributed by atoms with Crippen molar-refractivity contribution in [3.05, 3.63) is 83.4 Å². The van der Waals surface area contributed by atoms with Gasteiger partial charge in [0.15, 0.2) is 0 Å². The molecule has 0 aliphatic rings. The molecule has 5 nitrogen and oxygen atoms in total. The van der Waals surface area contributed by atoms with Gasteiger partial charge in [-0.3, -0.25) is 9.78 Å². The maximum Gasteiger partial charge on any atom is 0.271 e. The Bertz CT molecular complexity index is 889. The molecule has 0 aliphatic heterocycles. The summed E-state index contributed by atoms with van der Waals surface area (Å²) in [6.07, 6.45) is 3.39. The van der Waals surface area contributed by atoms with Crippen LogP contribution in [-0.4, -0.2) is 21.2 Å². The molecule has 1 amide bonds. The van der Waals surface area contributed by atoms with E-state index in [4.69, 9.17) is 0 Å². The Morgan fingerprint density at radius 1 is 0.920 bits per heavy atom. The van der Waals surface area contributed by atoms with Crippen molar-refractivity contribution in [3.8, 4) is 5.69 Å². The second-order valence-corrected chi connectivity index (χ2v) is 5.87. The maximum absolute atomic E-state index is 12.3. The SMILES string of the molecule is C/C(=N\NC(=O)c1ccc(-n2c(C)ccc2C)cc1)c1ccncc1. The third kappa shape index (κ3) is 3.66. The highest BCUT2D eigenvalue weighted by molar-refractivity contribution is 6.00. The number of hydrogen-bond donors (Lipinski definition) is 1. The van der Waals surface area contributed by atoms with Crippen LogP contribution in [0.25, 0.3) is 5.69 Å². The molecule has 0 radical (unpaired) electrons. The van der Waals surface area contributed by atoms with Gasteiger partial charge in [0.05, 0.1) is 5.71 Å². The molecule has 0 spiro atoms. The lowest BCUT2D eigenvalue weighted by Crippen LogP contribution is -2.19. The highest BCUT2D eigenvalue weighted by atomic mass is 16.2. The number of aryl methyl sites for hydroxylation is 2. The Morgan fingerprint density at radius 2 is 1.52 bits per heavy atom. The summed E-state index contributed by atoms with van der Waals surface area (Å²) in [5, 5.41) is 4.16. The average molecular weight is 332 g/mol. The first kappa shape index (κ1) is 16.6. The van der Waals surface area contributed by atoms with E-state index in [1.165, 1.54) is 0 Å². The van der Waals surface area contributed by atoms with Crippen molar-refractivity contribution < 1.29 is 4.79 Å². The van der Waals surface area contributed by atoms with Crippen LogP contribution in [0.5, 0.6) is 0 Å². The lowest BCUT2D eigenvalue weighted by molar-refractivity contribution is 0.0955. The van der Waals surface area contributed by atoms with E-state index in [1.54, 1.807) is 24.5 Å². The van der Waals surface area contributed by atoms with E-state index in [2.05, 4.69) is 46.1 Å². The minimum Gasteiger partial charge on any atom is -0.319 e. The van der Waals surface area contributed by atoms with Crippen molar-refractivity contribution in [2.45, 2.75) is 20.8 Å². The fourth-order valence-electron chi connectivity index (χ4n) is 2.69. The Morgan fingerprint density at radius 3 is 2.12 bits per heavy atom. The van der Waals surface area contributed by atoms with Crippen LogP contribution in [0.1, 0.15) is 34.2 Å². The van der Waals surface area contributed by atoms with Gasteiger partial charge in [-0.05, 0) is 69.3 Å². The second-order valence-electron chi connectivity index (χ2n) is 5.87. The molecule has 0 saturated heterocycles. The van der Waals surface area contributed by atoms with Crippen molar-refractivity contribution in [1.82, 2.24) is 15.0 Å². The number of nitrogens with one attached hydrogen (secondary N) is 1. The number of hydrazone groups is 1. The summed E-state index contributed by atoms with van der Waals surface area (Å²) in [5.74, 6) is -0.235. The molecule has 0 fully saturated rings. The van der Waals surface area contributed by atoms with Crippen LogP contribution in [0.4, 0.5) is 0 Å². The quantitative estimate of drug-likeness (QED) is 0.586. The minimum absolute atomic E-state index is 0.235. The summed E-state index contributed by atoms with van der Waals surface area (Å²) in [6, 6.07) is 15.3. The van der Waals surface area contributed by atoms with Crippen LogP contribution < -0.4 is 5.43 Å². The lowest BCUT2D eigenvalue weighted by atomic mass is 10.2. The number of benzene rings is 1. The molecule has 1 aromatic carbocycles. The zero-order valence-corrected chi connectivity index (χ0v) is 14.5. The summed E-state index contributed by atoms with van der Waals surface area (Å²) in [4.78, 5) is 16.2. The van der Waals surface area contributed by atoms with Crippen LogP contribution in [-0.2, 0) is 0 Å².